The molecule has 0 aromatic heterocycles. The molecule has 0 fully saturated rings. The van der Waals surface area contributed by atoms with Crippen LogP contribution in [0.15, 0.2) is 18.2 Å². The van der Waals surface area contributed by atoms with Crippen molar-refractivity contribution in [3.63, 3.8) is 0 Å². The number of rotatable bonds is 1. The monoisotopic (exact) mass is 316 g/mol. The number of anilines is 1. The fourth-order valence-electron chi connectivity index (χ4n) is 3.71. The van der Waals surface area contributed by atoms with Gasteiger partial charge in [-0.3, -0.25) is 0 Å². The Kier molecular flexibility index (Phi) is 4.03. The van der Waals surface area contributed by atoms with Gasteiger partial charge in [0.2, 0.25) is 0 Å². The van der Waals surface area contributed by atoms with Crippen molar-refractivity contribution >= 4 is 11.8 Å². The van der Waals surface area contributed by atoms with Gasteiger partial charge in [0.25, 0.3) is 0 Å². The van der Waals surface area contributed by atoms with Crippen LogP contribution in [-0.2, 0) is 11.2 Å². The Labute approximate surface area is 139 Å². The first-order valence-electron chi connectivity index (χ1n) is 8.62. The number of hydrogen-bond donors (Lipinski definition) is 0. The highest BCUT2D eigenvalue weighted by Crippen LogP contribution is 2.41. The Morgan fingerprint density at radius 3 is 2.65 bits per heavy atom. The summed E-state index contributed by atoms with van der Waals surface area (Å²) >= 11 is 0. The third kappa shape index (κ3) is 3.17. The molecule has 1 amide bonds. The molecule has 0 bridgehead atoms. The molecule has 1 aromatic rings. The second-order valence-corrected chi connectivity index (χ2v) is 7.97. The summed E-state index contributed by atoms with van der Waals surface area (Å²) in [6, 6.07) is 7.06. The Bertz CT molecular complexity index is 604. The molecule has 23 heavy (non-hydrogen) atoms. The molecule has 0 saturated heterocycles. The molecule has 2 heterocycles. The normalized spacial score (nSPS) is 20.5. The molecular weight excluding hydrogens is 288 g/mol. The van der Waals surface area contributed by atoms with Gasteiger partial charge in [-0.2, -0.15) is 0 Å². The first kappa shape index (κ1) is 16.2. The number of benzene rings is 1. The van der Waals surface area contributed by atoms with Gasteiger partial charge in [-0.1, -0.05) is 12.1 Å². The average Bonchev–Trinajstić information content (AvgIpc) is 2.69. The average molecular weight is 316 g/mol. The van der Waals surface area contributed by atoms with E-state index in [2.05, 4.69) is 36.9 Å². The van der Waals surface area contributed by atoms with Crippen LogP contribution in [0.3, 0.4) is 0 Å². The molecule has 126 valence electrons. The molecular formula is C19H28N2O2. The van der Waals surface area contributed by atoms with Gasteiger partial charge >= 0.3 is 6.09 Å². The molecule has 0 spiro atoms. The number of nitrogens with zero attached hydrogens (tertiary/aromatic N) is 2. The van der Waals surface area contributed by atoms with E-state index in [1.165, 1.54) is 16.8 Å². The Hall–Kier alpha value is -1.71. The summed E-state index contributed by atoms with van der Waals surface area (Å²) < 4.78 is 5.59. The fraction of sp³-hybridized carbons (Fsp3) is 0.632. The highest BCUT2D eigenvalue weighted by Gasteiger charge is 2.36. The molecule has 1 atom stereocenters. The molecule has 4 nitrogen and oxygen atoms in total. The minimum Gasteiger partial charge on any atom is -0.444 e. The number of ether oxygens (including phenoxy) is 1. The summed E-state index contributed by atoms with van der Waals surface area (Å²) in [6.07, 6.45) is 0.722. The predicted octanol–water partition coefficient (Wildman–Crippen LogP) is 3.79. The van der Waals surface area contributed by atoms with Crippen molar-refractivity contribution < 1.29 is 9.53 Å². The van der Waals surface area contributed by atoms with Gasteiger partial charge in [-0.15, -0.1) is 0 Å². The van der Waals surface area contributed by atoms with Crippen LogP contribution in [0.4, 0.5) is 10.5 Å². The van der Waals surface area contributed by atoms with Gasteiger partial charge in [0.15, 0.2) is 0 Å². The molecule has 0 aliphatic carbocycles. The highest BCUT2D eigenvalue weighted by molar-refractivity contribution is 5.70. The summed E-state index contributed by atoms with van der Waals surface area (Å²) in [5.74, 6) is 0.388. The molecule has 4 heteroatoms. The van der Waals surface area contributed by atoms with Crippen LogP contribution in [0.1, 0.15) is 51.7 Å². The van der Waals surface area contributed by atoms with E-state index in [0.29, 0.717) is 12.0 Å². The van der Waals surface area contributed by atoms with Crippen molar-refractivity contribution in [2.75, 3.05) is 24.5 Å². The van der Waals surface area contributed by atoms with Crippen LogP contribution in [0, 0.1) is 0 Å². The zero-order valence-electron chi connectivity index (χ0n) is 14.9. The number of carbonyl (C=O) groups is 1. The lowest BCUT2D eigenvalue weighted by atomic mass is 9.95. The lowest BCUT2D eigenvalue weighted by Gasteiger charge is -2.29. The SMILES string of the molecule is CC(C)N1CC2CN(C(=O)OC(C)(C)C)CCc3cccc1c32. The highest BCUT2D eigenvalue weighted by atomic mass is 16.6. The van der Waals surface area contributed by atoms with Crippen molar-refractivity contribution in [1.82, 2.24) is 4.90 Å². The third-order valence-electron chi connectivity index (χ3n) is 4.68. The van der Waals surface area contributed by atoms with Gasteiger partial charge in [-0.05, 0) is 58.2 Å². The molecule has 1 aromatic carbocycles. The van der Waals surface area contributed by atoms with E-state index in [1.54, 1.807) is 0 Å². The lowest BCUT2D eigenvalue weighted by molar-refractivity contribution is 0.0247. The largest absolute Gasteiger partial charge is 0.444 e. The van der Waals surface area contributed by atoms with E-state index in [9.17, 15) is 4.79 Å². The minimum atomic E-state index is -0.443. The van der Waals surface area contributed by atoms with Crippen LogP contribution in [0.25, 0.3) is 0 Å². The molecule has 2 aliphatic heterocycles. The molecule has 0 N–H and O–H groups in total. The van der Waals surface area contributed by atoms with Crippen LogP contribution in [-0.4, -0.2) is 42.3 Å². The van der Waals surface area contributed by atoms with E-state index in [1.807, 2.05) is 25.7 Å². The summed E-state index contributed by atoms with van der Waals surface area (Å²) in [4.78, 5) is 16.9. The van der Waals surface area contributed by atoms with Gasteiger partial charge in [0.05, 0.1) is 0 Å². The Balaban J connectivity index is 1.86. The van der Waals surface area contributed by atoms with Crippen molar-refractivity contribution in [1.29, 1.82) is 0 Å². The minimum absolute atomic E-state index is 0.185. The van der Waals surface area contributed by atoms with Crippen molar-refractivity contribution in [3.05, 3.63) is 29.3 Å². The number of hydrogen-bond acceptors (Lipinski definition) is 3. The summed E-state index contributed by atoms with van der Waals surface area (Å²) in [6.45, 7) is 12.7. The first-order chi connectivity index (χ1) is 10.8. The second kappa shape index (κ2) is 5.73. The lowest BCUT2D eigenvalue weighted by Crippen LogP contribution is -2.40. The van der Waals surface area contributed by atoms with E-state index >= 15 is 0 Å². The van der Waals surface area contributed by atoms with Crippen molar-refractivity contribution in [2.24, 2.45) is 0 Å². The Morgan fingerprint density at radius 1 is 1.26 bits per heavy atom. The summed E-state index contributed by atoms with van der Waals surface area (Å²) in [5.41, 5.74) is 3.75. The standard InChI is InChI=1S/C19H28N2O2/c1-13(2)21-12-15-11-20(18(22)23-19(3,4)5)10-9-14-7-6-8-16(21)17(14)15/h6-8,13,15H,9-12H2,1-5H3. The third-order valence-corrected chi connectivity index (χ3v) is 4.68. The molecule has 3 rings (SSSR count). The summed E-state index contributed by atoms with van der Waals surface area (Å²) in [7, 11) is 0. The van der Waals surface area contributed by atoms with E-state index in [-0.39, 0.29) is 6.09 Å². The summed E-state index contributed by atoms with van der Waals surface area (Å²) in [5, 5.41) is 0. The zero-order valence-corrected chi connectivity index (χ0v) is 14.9. The van der Waals surface area contributed by atoms with E-state index < -0.39 is 5.60 Å². The molecule has 1 unspecified atom stereocenters. The van der Waals surface area contributed by atoms with Crippen LogP contribution in [0.2, 0.25) is 0 Å². The van der Waals surface area contributed by atoms with Gasteiger partial charge in [-0.25, -0.2) is 4.79 Å². The fourth-order valence-corrected chi connectivity index (χ4v) is 3.71. The quantitative estimate of drug-likeness (QED) is 0.790. The van der Waals surface area contributed by atoms with Crippen molar-refractivity contribution in [3.8, 4) is 0 Å². The predicted molar refractivity (Wildman–Crippen MR) is 93.2 cm³/mol. The zero-order chi connectivity index (χ0) is 16.8. The maximum absolute atomic E-state index is 12.5. The molecule has 2 aliphatic rings. The number of carbonyl (C=O) groups excluding carboxylic acids is 1. The molecule has 0 saturated carbocycles. The van der Waals surface area contributed by atoms with E-state index in [0.717, 1.165) is 26.1 Å². The van der Waals surface area contributed by atoms with Crippen LogP contribution in [0.5, 0.6) is 0 Å². The van der Waals surface area contributed by atoms with Gasteiger partial charge in [0, 0.05) is 37.3 Å². The van der Waals surface area contributed by atoms with E-state index in [4.69, 9.17) is 4.74 Å². The second-order valence-electron chi connectivity index (χ2n) is 7.97. The maximum Gasteiger partial charge on any atom is 0.410 e. The van der Waals surface area contributed by atoms with Crippen LogP contribution < -0.4 is 4.90 Å². The first-order valence-corrected chi connectivity index (χ1v) is 8.62. The smallest absolute Gasteiger partial charge is 0.410 e. The maximum atomic E-state index is 12.5. The topological polar surface area (TPSA) is 32.8 Å². The van der Waals surface area contributed by atoms with Gasteiger partial charge in [0.1, 0.15) is 5.60 Å². The van der Waals surface area contributed by atoms with Crippen molar-refractivity contribution in [2.45, 2.75) is 58.6 Å². The Morgan fingerprint density at radius 2 is 2.00 bits per heavy atom. The molecule has 0 radical (unpaired) electrons. The number of amides is 1. The van der Waals surface area contributed by atoms with Crippen LogP contribution >= 0.6 is 0 Å². The van der Waals surface area contributed by atoms with Gasteiger partial charge < -0.3 is 14.5 Å².